The van der Waals surface area contributed by atoms with Gasteiger partial charge in [0.05, 0.1) is 0 Å². The molecule has 0 saturated heterocycles. The van der Waals surface area contributed by atoms with Gasteiger partial charge in [-0.1, -0.05) is 11.6 Å². The average Bonchev–Trinajstić information content (AvgIpc) is 2.92. The number of ketones is 1. The Labute approximate surface area is 120 Å². The summed E-state index contributed by atoms with van der Waals surface area (Å²) in [5.74, 6) is -0.0189. The molecule has 0 saturated carbocycles. The molecule has 0 radical (unpaired) electrons. The van der Waals surface area contributed by atoms with Gasteiger partial charge in [0, 0.05) is 29.3 Å². The van der Waals surface area contributed by atoms with E-state index in [0.717, 1.165) is 27.9 Å². The molecular weight excluding hydrogens is 276 g/mol. The minimum absolute atomic E-state index is 0.0189. The molecule has 0 aliphatic carbocycles. The van der Waals surface area contributed by atoms with Crippen LogP contribution in [0.5, 0.6) is 0 Å². The van der Waals surface area contributed by atoms with Gasteiger partial charge in [-0.05, 0) is 31.5 Å². The third-order valence-electron chi connectivity index (χ3n) is 3.38. The number of Topliss-reactive ketones (excluding diaryl/α,β-unsaturated/α-hetero) is 1. The van der Waals surface area contributed by atoms with Crippen molar-refractivity contribution in [1.82, 2.24) is 20.2 Å². The number of aryl methyl sites for hydroxylation is 1. The number of fused-ring (bicyclic) bond motifs is 1. The first-order chi connectivity index (χ1) is 9.54. The zero-order chi connectivity index (χ0) is 14.3. The zero-order valence-electron chi connectivity index (χ0n) is 11.1. The van der Waals surface area contributed by atoms with Crippen LogP contribution in [0.2, 0.25) is 5.15 Å². The summed E-state index contributed by atoms with van der Waals surface area (Å²) in [6.07, 6.45) is 1.96. The number of carbonyl (C=O) groups is 1. The molecule has 0 unspecified atom stereocenters. The topological polar surface area (TPSA) is 74.4 Å². The summed E-state index contributed by atoms with van der Waals surface area (Å²) in [5.41, 5.74) is 3.87. The Morgan fingerprint density at radius 2 is 2.15 bits per heavy atom. The van der Waals surface area contributed by atoms with Crippen molar-refractivity contribution in [2.45, 2.75) is 20.3 Å². The molecule has 0 aromatic carbocycles. The van der Waals surface area contributed by atoms with Crippen molar-refractivity contribution in [1.29, 1.82) is 0 Å². The Kier molecular flexibility index (Phi) is 3.06. The highest BCUT2D eigenvalue weighted by molar-refractivity contribution is 6.30. The summed E-state index contributed by atoms with van der Waals surface area (Å²) in [4.78, 5) is 19.4. The monoisotopic (exact) mass is 288 g/mol. The summed E-state index contributed by atoms with van der Waals surface area (Å²) in [5, 5.41) is 8.32. The van der Waals surface area contributed by atoms with E-state index in [4.69, 9.17) is 11.6 Å². The Morgan fingerprint density at radius 1 is 1.35 bits per heavy atom. The fraction of sp³-hybridized carbons (Fsp3) is 0.214. The normalized spacial score (nSPS) is 11.2. The molecule has 0 spiro atoms. The SMILES string of the molecule is Cc1[nH]nc(C(=O)Cc2cnc3[nH]c(Cl)cc3c2)c1C. The molecule has 3 heterocycles. The molecule has 0 fully saturated rings. The van der Waals surface area contributed by atoms with Crippen molar-refractivity contribution in [3.8, 4) is 0 Å². The van der Waals surface area contributed by atoms with E-state index in [9.17, 15) is 4.79 Å². The van der Waals surface area contributed by atoms with Crippen molar-refractivity contribution in [3.05, 3.63) is 46.0 Å². The lowest BCUT2D eigenvalue weighted by Gasteiger charge is -2.00. The van der Waals surface area contributed by atoms with Crippen LogP contribution in [0.1, 0.15) is 27.3 Å². The van der Waals surface area contributed by atoms with Crippen molar-refractivity contribution in [3.63, 3.8) is 0 Å². The third-order valence-corrected chi connectivity index (χ3v) is 3.58. The molecule has 3 aromatic rings. The standard InChI is InChI=1S/C14H13ClN4O/c1-7-8(2)18-19-13(7)11(20)4-9-3-10-5-12(15)17-14(10)16-6-9/h3,5-6H,4H2,1-2H3,(H,16,17)(H,18,19). The largest absolute Gasteiger partial charge is 0.330 e. The molecule has 6 heteroatoms. The van der Waals surface area contributed by atoms with Gasteiger partial charge >= 0.3 is 0 Å². The lowest BCUT2D eigenvalue weighted by atomic mass is 10.1. The lowest BCUT2D eigenvalue weighted by molar-refractivity contribution is 0.0987. The Bertz CT molecular complexity index is 803. The van der Waals surface area contributed by atoms with E-state index in [-0.39, 0.29) is 12.2 Å². The van der Waals surface area contributed by atoms with E-state index in [1.807, 2.05) is 19.9 Å². The fourth-order valence-corrected chi connectivity index (χ4v) is 2.36. The van der Waals surface area contributed by atoms with Crippen LogP contribution in [-0.4, -0.2) is 25.9 Å². The molecule has 0 bridgehead atoms. The first-order valence-electron chi connectivity index (χ1n) is 6.22. The van der Waals surface area contributed by atoms with Crippen molar-refractivity contribution >= 4 is 28.4 Å². The maximum atomic E-state index is 12.2. The zero-order valence-corrected chi connectivity index (χ0v) is 11.9. The minimum Gasteiger partial charge on any atom is -0.330 e. The summed E-state index contributed by atoms with van der Waals surface area (Å²) in [6.45, 7) is 3.79. The highest BCUT2D eigenvalue weighted by Crippen LogP contribution is 2.19. The molecule has 0 atom stereocenters. The van der Waals surface area contributed by atoms with Crippen LogP contribution in [0.25, 0.3) is 11.0 Å². The summed E-state index contributed by atoms with van der Waals surface area (Å²) in [7, 11) is 0. The number of pyridine rings is 1. The Hall–Kier alpha value is -2.14. The first-order valence-corrected chi connectivity index (χ1v) is 6.60. The van der Waals surface area contributed by atoms with Crippen molar-refractivity contribution in [2.24, 2.45) is 0 Å². The van der Waals surface area contributed by atoms with Crippen LogP contribution in [0.4, 0.5) is 0 Å². The average molecular weight is 289 g/mol. The lowest BCUT2D eigenvalue weighted by Crippen LogP contribution is -2.06. The number of H-pyrrole nitrogens is 2. The first kappa shape index (κ1) is 12.9. The summed E-state index contributed by atoms with van der Waals surface area (Å²) < 4.78 is 0. The molecule has 102 valence electrons. The molecule has 3 aromatic heterocycles. The van der Waals surface area contributed by atoms with Gasteiger partial charge < -0.3 is 4.98 Å². The maximum Gasteiger partial charge on any atom is 0.187 e. The minimum atomic E-state index is -0.0189. The molecule has 0 aliphatic heterocycles. The number of rotatable bonds is 3. The molecular formula is C14H13ClN4O. The number of aromatic nitrogens is 4. The van der Waals surface area contributed by atoms with E-state index < -0.39 is 0 Å². The molecule has 0 amide bonds. The van der Waals surface area contributed by atoms with Crippen LogP contribution in [-0.2, 0) is 6.42 Å². The predicted octanol–water partition coefficient (Wildman–Crippen LogP) is 2.98. The predicted molar refractivity (Wildman–Crippen MR) is 77.2 cm³/mol. The number of hydrogen-bond donors (Lipinski definition) is 2. The number of nitrogens with one attached hydrogen (secondary N) is 2. The smallest absolute Gasteiger partial charge is 0.187 e. The number of nitrogens with zero attached hydrogens (tertiary/aromatic N) is 2. The van der Waals surface area contributed by atoms with E-state index in [1.54, 1.807) is 12.3 Å². The second-order valence-corrected chi connectivity index (χ2v) is 5.23. The third kappa shape index (κ3) is 2.20. The van der Waals surface area contributed by atoms with Gasteiger partial charge in [0.15, 0.2) is 5.78 Å². The number of hydrogen-bond acceptors (Lipinski definition) is 3. The highest BCUT2D eigenvalue weighted by Gasteiger charge is 2.15. The molecule has 20 heavy (non-hydrogen) atoms. The van der Waals surface area contributed by atoms with Gasteiger partial charge in [-0.2, -0.15) is 5.10 Å². The van der Waals surface area contributed by atoms with Crippen molar-refractivity contribution < 1.29 is 4.79 Å². The van der Waals surface area contributed by atoms with Crippen LogP contribution in [0, 0.1) is 13.8 Å². The van der Waals surface area contributed by atoms with E-state index >= 15 is 0 Å². The number of carbonyl (C=O) groups excluding carboxylic acids is 1. The Balaban J connectivity index is 1.88. The van der Waals surface area contributed by atoms with Crippen LogP contribution >= 0.6 is 11.6 Å². The van der Waals surface area contributed by atoms with E-state index in [1.165, 1.54) is 0 Å². The number of halogens is 1. The quantitative estimate of drug-likeness (QED) is 0.728. The molecule has 5 nitrogen and oxygen atoms in total. The van der Waals surface area contributed by atoms with Crippen LogP contribution in [0.15, 0.2) is 18.3 Å². The summed E-state index contributed by atoms with van der Waals surface area (Å²) >= 11 is 5.88. The van der Waals surface area contributed by atoms with Gasteiger partial charge in [-0.25, -0.2) is 4.98 Å². The molecule has 0 aliphatic rings. The van der Waals surface area contributed by atoms with Gasteiger partial charge in [-0.3, -0.25) is 9.89 Å². The van der Waals surface area contributed by atoms with Gasteiger partial charge in [0.1, 0.15) is 16.5 Å². The molecule has 2 N–H and O–H groups in total. The second-order valence-electron chi connectivity index (χ2n) is 4.82. The fourth-order valence-electron chi connectivity index (χ4n) is 2.15. The van der Waals surface area contributed by atoms with Crippen LogP contribution in [0.3, 0.4) is 0 Å². The van der Waals surface area contributed by atoms with Gasteiger partial charge in [0.25, 0.3) is 0 Å². The van der Waals surface area contributed by atoms with E-state index in [0.29, 0.717) is 10.8 Å². The van der Waals surface area contributed by atoms with Crippen LogP contribution < -0.4 is 0 Å². The van der Waals surface area contributed by atoms with E-state index in [2.05, 4.69) is 20.2 Å². The van der Waals surface area contributed by atoms with Gasteiger partial charge in [0.2, 0.25) is 0 Å². The highest BCUT2D eigenvalue weighted by atomic mass is 35.5. The number of aromatic amines is 2. The maximum absolute atomic E-state index is 12.2. The molecule has 3 rings (SSSR count). The van der Waals surface area contributed by atoms with Crippen molar-refractivity contribution in [2.75, 3.05) is 0 Å². The Morgan fingerprint density at radius 3 is 2.85 bits per heavy atom. The second kappa shape index (κ2) is 4.76. The van der Waals surface area contributed by atoms with Gasteiger partial charge in [-0.15, -0.1) is 0 Å². The summed E-state index contributed by atoms with van der Waals surface area (Å²) in [6, 6.07) is 3.71.